The van der Waals surface area contributed by atoms with E-state index in [1.807, 2.05) is 6.92 Å². The standard InChI is InChI=1S/C19H36N4O3S.HI/c1-4-20-18(22-14-19(8-5-9-19)12-15(2)3)21-10-6-17(24)23-16-7-11-27(25,26)13-16;/h15-16H,4-14H2,1-3H3,(H,23,24)(H2,20,21,22);1H. The molecular weight excluding hydrogens is 491 g/mol. The second-order valence-electron chi connectivity index (χ2n) is 8.49. The summed E-state index contributed by atoms with van der Waals surface area (Å²) in [6.07, 6.45) is 5.83. The number of amides is 1. The fourth-order valence-electron chi connectivity index (χ4n) is 4.06. The molecule has 0 spiro atoms. The van der Waals surface area contributed by atoms with E-state index in [1.54, 1.807) is 0 Å². The predicted octanol–water partition coefficient (Wildman–Crippen LogP) is 2.07. The highest BCUT2D eigenvalue weighted by Crippen LogP contribution is 2.46. The molecule has 1 unspecified atom stereocenters. The molecule has 1 aliphatic carbocycles. The van der Waals surface area contributed by atoms with Crippen molar-refractivity contribution in [1.29, 1.82) is 0 Å². The van der Waals surface area contributed by atoms with Gasteiger partial charge in [-0.25, -0.2) is 8.42 Å². The van der Waals surface area contributed by atoms with Crippen molar-refractivity contribution in [2.45, 2.75) is 65.3 Å². The average molecular weight is 529 g/mol. The van der Waals surface area contributed by atoms with Gasteiger partial charge in [0.1, 0.15) is 0 Å². The number of carbonyl (C=O) groups excluding carboxylic acids is 1. The molecule has 3 N–H and O–H groups in total. The van der Waals surface area contributed by atoms with Gasteiger partial charge in [-0.05, 0) is 43.9 Å². The average Bonchev–Trinajstić information content (AvgIpc) is 2.87. The number of aliphatic imine (C=N–C) groups is 1. The van der Waals surface area contributed by atoms with Gasteiger partial charge in [-0.3, -0.25) is 9.79 Å². The molecule has 0 aromatic heterocycles. The first kappa shape index (κ1) is 25.5. The van der Waals surface area contributed by atoms with Crippen LogP contribution in [0.5, 0.6) is 0 Å². The molecule has 0 aromatic rings. The van der Waals surface area contributed by atoms with Gasteiger partial charge in [0.2, 0.25) is 5.91 Å². The second-order valence-corrected chi connectivity index (χ2v) is 10.7. The van der Waals surface area contributed by atoms with Crippen LogP contribution in [-0.4, -0.2) is 57.5 Å². The molecule has 0 aromatic carbocycles. The maximum absolute atomic E-state index is 12.0. The Morgan fingerprint density at radius 1 is 1.25 bits per heavy atom. The summed E-state index contributed by atoms with van der Waals surface area (Å²) >= 11 is 0. The van der Waals surface area contributed by atoms with Crippen LogP contribution >= 0.6 is 24.0 Å². The molecule has 0 bridgehead atoms. The van der Waals surface area contributed by atoms with E-state index in [0.717, 1.165) is 19.0 Å². The summed E-state index contributed by atoms with van der Waals surface area (Å²) in [6.45, 7) is 8.64. The highest BCUT2D eigenvalue weighted by atomic mass is 127. The molecule has 1 heterocycles. The first-order chi connectivity index (χ1) is 12.7. The molecule has 7 nitrogen and oxygen atoms in total. The third-order valence-corrected chi connectivity index (χ3v) is 7.18. The fourth-order valence-corrected chi connectivity index (χ4v) is 5.73. The Bertz CT molecular complexity index is 633. The lowest BCUT2D eigenvalue weighted by Crippen LogP contribution is -2.42. The van der Waals surface area contributed by atoms with Crippen LogP contribution in [0.2, 0.25) is 0 Å². The number of nitrogens with one attached hydrogen (secondary N) is 3. The third-order valence-electron chi connectivity index (χ3n) is 5.41. The number of sulfone groups is 1. The number of rotatable bonds is 9. The van der Waals surface area contributed by atoms with Gasteiger partial charge >= 0.3 is 0 Å². The fraction of sp³-hybridized carbons (Fsp3) is 0.895. The number of halogens is 1. The lowest BCUT2D eigenvalue weighted by atomic mass is 9.64. The minimum Gasteiger partial charge on any atom is -0.357 e. The Hall–Kier alpha value is -0.580. The summed E-state index contributed by atoms with van der Waals surface area (Å²) in [5.74, 6) is 1.55. The summed E-state index contributed by atoms with van der Waals surface area (Å²) in [4.78, 5) is 16.8. The summed E-state index contributed by atoms with van der Waals surface area (Å²) < 4.78 is 22.9. The van der Waals surface area contributed by atoms with E-state index in [9.17, 15) is 13.2 Å². The highest BCUT2D eigenvalue weighted by Gasteiger charge is 2.37. The number of carbonyl (C=O) groups is 1. The molecule has 28 heavy (non-hydrogen) atoms. The Balaban J connectivity index is 0.00000392. The van der Waals surface area contributed by atoms with Crippen LogP contribution in [0.4, 0.5) is 0 Å². The summed E-state index contributed by atoms with van der Waals surface area (Å²) in [5.41, 5.74) is 0.349. The van der Waals surface area contributed by atoms with Crippen LogP contribution in [0.3, 0.4) is 0 Å². The van der Waals surface area contributed by atoms with Gasteiger partial charge in [0.25, 0.3) is 0 Å². The molecule has 1 saturated heterocycles. The van der Waals surface area contributed by atoms with Crippen molar-refractivity contribution in [1.82, 2.24) is 16.0 Å². The normalized spacial score (nSPS) is 22.9. The van der Waals surface area contributed by atoms with E-state index < -0.39 is 9.84 Å². The van der Waals surface area contributed by atoms with Gasteiger partial charge in [0, 0.05) is 32.1 Å². The van der Waals surface area contributed by atoms with Crippen LogP contribution in [0.25, 0.3) is 0 Å². The molecular formula is C19H37IN4O3S. The van der Waals surface area contributed by atoms with Gasteiger partial charge in [-0.1, -0.05) is 20.3 Å². The molecule has 9 heteroatoms. The van der Waals surface area contributed by atoms with Crippen molar-refractivity contribution in [2.75, 3.05) is 31.1 Å². The SMILES string of the molecule is CCNC(=NCC1(CC(C)C)CCC1)NCCC(=O)NC1CCS(=O)(=O)C1.I. The first-order valence-corrected chi connectivity index (χ1v) is 12.1. The summed E-state index contributed by atoms with van der Waals surface area (Å²) in [6, 6.07) is -0.237. The number of hydrogen-bond donors (Lipinski definition) is 3. The van der Waals surface area contributed by atoms with E-state index in [0.29, 0.717) is 30.7 Å². The van der Waals surface area contributed by atoms with Crippen molar-refractivity contribution in [3.63, 3.8) is 0 Å². The van der Waals surface area contributed by atoms with E-state index >= 15 is 0 Å². The predicted molar refractivity (Wildman–Crippen MR) is 125 cm³/mol. The molecule has 2 rings (SSSR count). The minimum absolute atomic E-state index is 0. The monoisotopic (exact) mass is 528 g/mol. The highest BCUT2D eigenvalue weighted by molar-refractivity contribution is 14.0. The molecule has 0 radical (unpaired) electrons. The Morgan fingerprint density at radius 3 is 2.46 bits per heavy atom. The zero-order chi connectivity index (χ0) is 19.9. The molecule has 2 fully saturated rings. The Morgan fingerprint density at radius 2 is 1.96 bits per heavy atom. The zero-order valence-electron chi connectivity index (χ0n) is 17.4. The lowest BCUT2D eigenvalue weighted by molar-refractivity contribution is -0.121. The van der Waals surface area contributed by atoms with Gasteiger partial charge < -0.3 is 16.0 Å². The largest absolute Gasteiger partial charge is 0.357 e. The van der Waals surface area contributed by atoms with Gasteiger partial charge in [0.05, 0.1) is 11.5 Å². The van der Waals surface area contributed by atoms with Gasteiger partial charge in [-0.2, -0.15) is 0 Å². The van der Waals surface area contributed by atoms with Crippen LogP contribution in [0.15, 0.2) is 4.99 Å². The summed E-state index contributed by atoms with van der Waals surface area (Å²) in [7, 11) is -2.97. The van der Waals surface area contributed by atoms with E-state index in [1.165, 1.54) is 25.7 Å². The molecule has 2 aliphatic rings. The van der Waals surface area contributed by atoms with Crippen molar-refractivity contribution in [3.05, 3.63) is 0 Å². The first-order valence-electron chi connectivity index (χ1n) is 10.3. The van der Waals surface area contributed by atoms with Crippen molar-refractivity contribution >= 4 is 45.7 Å². The molecule has 1 saturated carbocycles. The van der Waals surface area contributed by atoms with Crippen LogP contribution in [-0.2, 0) is 14.6 Å². The summed E-state index contributed by atoms with van der Waals surface area (Å²) in [5, 5.41) is 9.29. The Labute approximate surface area is 187 Å². The number of hydrogen-bond acceptors (Lipinski definition) is 4. The van der Waals surface area contributed by atoms with Crippen molar-refractivity contribution in [2.24, 2.45) is 16.3 Å². The van der Waals surface area contributed by atoms with Gasteiger partial charge in [-0.15, -0.1) is 24.0 Å². The lowest BCUT2D eigenvalue weighted by Gasteiger charge is -2.42. The van der Waals surface area contributed by atoms with E-state index in [2.05, 4.69) is 29.8 Å². The maximum Gasteiger partial charge on any atom is 0.222 e. The van der Waals surface area contributed by atoms with E-state index in [-0.39, 0.29) is 47.4 Å². The molecule has 1 atom stereocenters. The molecule has 1 amide bonds. The van der Waals surface area contributed by atoms with E-state index in [4.69, 9.17) is 4.99 Å². The molecule has 1 aliphatic heterocycles. The van der Waals surface area contributed by atoms with Crippen LogP contribution in [0, 0.1) is 11.3 Å². The number of guanidine groups is 1. The van der Waals surface area contributed by atoms with Crippen molar-refractivity contribution < 1.29 is 13.2 Å². The van der Waals surface area contributed by atoms with Gasteiger partial charge in [0.15, 0.2) is 15.8 Å². The maximum atomic E-state index is 12.0. The zero-order valence-corrected chi connectivity index (χ0v) is 20.6. The smallest absolute Gasteiger partial charge is 0.222 e. The topological polar surface area (TPSA) is 99.7 Å². The second kappa shape index (κ2) is 11.6. The number of nitrogens with zero attached hydrogens (tertiary/aromatic N) is 1. The van der Waals surface area contributed by atoms with Crippen LogP contribution < -0.4 is 16.0 Å². The van der Waals surface area contributed by atoms with Crippen LogP contribution in [0.1, 0.15) is 59.3 Å². The third kappa shape index (κ3) is 8.42. The Kier molecular flexibility index (Phi) is 10.5. The minimum atomic E-state index is -2.97. The quantitative estimate of drug-likeness (QED) is 0.242. The van der Waals surface area contributed by atoms with Crippen molar-refractivity contribution in [3.8, 4) is 0 Å². The molecule has 164 valence electrons.